The molecule has 9 heteroatoms. The minimum atomic E-state index is -1.26. The van der Waals surface area contributed by atoms with Crippen LogP contribution in [-0.2, 0) is 9.53 Å². The van der Waals surface area contributed by atoms with Gasteiger partial charge >= 0.3 is 5.97 Å². The summed E-state index contributed by atoms with van der Waals surface area (Å²) in [6.45, 7) is 0. The molecule has 1 unspecified atom stereocenters. The van der Waals surface area contributed by atoms with Gasteiger partial charge in [0.1, 0.15) is 11.3 Å². The Bertz CT molecular complexity index is 1560. The summed E-state index contributed by atoms with van der Waals surface area (Å²) >= 11 is 12.2. The van der Waals surface area contributed by atoms with Crippen LogP contribution in [0.3, 0.4) is 0 Å². The molecule has 0 bridgehead atoms. The highest BCUT2D eigenvalue weighted by atomic mass is 35.5. The number of pyridine rings is 1. The topological polar surface area (TPSA) is 86.1 Å². The van der Waals surface area contributed by atoms with Gasteiger partial charge in [-0.1, -0.05) is 71.7 Å². The van der Waals surface area contributed by atoms with Crippen molar-refractivity contribution in [3.8, 4) is 16.9 Å². The number of nitrogens with zero attached hydrogens (tertiary/aromatic N) is 3. The van der Waals surface area contributed by atoms with E-state index in [1.165, 1.54) is 0 Å². The Labute approximate surface area is 228 Å². The van der Waals surface area contributed by atoms with Gasteiger partial charge in [0.05, 0.1) is 5.69 Å². The van der Waals surface area contributed by atoms with Crippen molar-refractivity contribution in [2.45, 2.75) is 6.10 Å². The Kier molecular flexibility index (Phi) is 7.49. The van der Waals surface area contributed by atoms with E-state index in [-0.39, 0.29) is 5.56 Å². The molecule has 0 aliphatic heterocycles. The van der Waals surface area contributed by atoms with E-state index < -0.39 is 18.0 Å². The van der Waals surface area contributed by atoms with Crippen LogP contribution >= 0.6 is 23.2 Å². The zero-order chi connectivity index (χ0) is 26.5. The normalized spacial score (nSPS) is 11.5. The first kappa shape index (κ1) is 25.2. The smallest absolute Gasteiger partial charge is 0.343 e. The monoisotopic (exact) mass is 542 g/mol. The Morgan fingerprint density at radius 1 is 0.868 bits per heavy atom. The molecular formula is C29H20Cl2N4O3. The van der Waals surface area contributed by atoms with E-state index in [0.29, 0.717) is 32.6 Å². The van der Waals surface area contributed by atoms with Crippen molar-refractivity contribution in [2.24, 2.45) is 0 Å². The van der Waals surface area contributed by atoms with Crippen LogP contribution < -0.4 is 5.32 Å². The lowest BCUT2D eigenvalue weighted by Gasteiger charge is -2.18. The molecule has 0 aliphatic rings. The molecule has 0 fully saturated rings. The number of carbonyl (C=O) groups is 2. The summed E-state index contributed by atoms with van der Waals surface area (Å²) in [6.07, 6.45) is 3.56. The molecule has 1 atom stereocenters. The molecule has 0 spiro atoms. The van der Waals surface area contributed by atoms with Crippen LogP contribution in [0.15, 0.2) is 110 Å². The van der Waals surface area contributed by atoms with Gasteiger partial charge in [0, 0.05) is 45.5 Å². The van der Waals surface area contributed by atoms with E-state index in [4.69, 9.17) is 27.9 Å². The van der Waals surface area contributed by atoms with Gasteiger partial charge in [-0.2, -0.15) is 5.10 Å². The van der Waals surface area contributed by atoms with Gasteiger partial charge in [-0.25, -0.2) is 9.48 Å². The third-order valence-corrected chi connectivity index (χ3v) is 6.02. The van der Waals surface area contributed by atoms with Crippen LogP contribution in [0.5, 0.6) is 0 Å². The first-order valence-electron chi connectivity index (χ1n) is 11.6. The number of ether oxygens (including phenoxy) is 1. The van der Waals surface area contributed by atoms with E-state index in [1.54, 1.807) is 83.9 Å². The zero-order valence-electron chi connectivity index (χ0n) is 19.8. The summed E-state index contributed by atoms with van der Waals surface area (Å²) in [4.78, 5) is 31.1. The maximum absolute atomic E-state index is 13.6. The van der Waals surface area contributed by atoms with Crippen LogP contribution in [-0.4, -0.2) is 26.6 Å². The molecule has 188 valence electrons. The molecule has 2 aromatic heterocycles. The van der Waals surface area contributed by atoms with Crippen molar-refractivity contribution >= 4 is 40.8 Å². The zero-order valence-corrected chi connectivity index (χ0v) is 21.3. The highest BCUT2D eigenvalue weighted by Gasteiger charge is 2.29. The summed E-state index contributed by atoms with van der Waals surface area (Å²) in [6, 6.07) is 26.3. The third kappa shape index (κ3) is 5.75. The number of benzene rings is 3. The van der Waals surface area contributed by atoms with E-state index in [2.05, 4.69) is 15.4 Å². The molecule has 5 rings (SSSR count). The molecule has 7 nitrogen and oxygen atoms in total. The second-order valence-corrected chi connectivity index (χ2v) is 9.13. The van der Waals surface area contributed by atoms with Gasteiger partial charge in [-0.3, -0.25) is 9.78 Å². The molecule has 0 radical (unpaired) electrons. The first-order valence-corrected chi connectivity index (χ1v) is 12.3. The number of amides is 1. The molecule has 5 aromatic rings. The van der Waals surface area contributed by atoms with Gasteiger partial charge < -0.3 is 10.1 Å². The van der Waals surface area contributed by atoms with Gasteiger partial charge in [0.25, 0.3) is 5.91 Å². The molecule has 2 heterocycles. The van der Waals surface area contributed by atoms with Crippen LogP contribution in [0, 0.1) is 0 Å². The highest BCUT2D eigenvalue weighted by molar-refractivity contribution is 6.35. The summed E-state index contributed by atoms with van der Waals surface area (Å²) in [7, 11) is 0. The summed E-state index contributed by atoms with van der Waals surface area (Å²) in [5.41, 5.74) is 2.81. The summed E-state index contributed by atoms with van der Waals surface area (Å²) in [5.74, 6) is -1.29. The van der Waals surface area contributed by atoms with Gasteiger partial charge in [-0.15, -0.1) is 0 Å². The SMILES string of the molecule is O=C(OC(C(=O)Nc1cc(Cl)cc(Cl)c1)c1ccccc1)c1cn(-c2ccccc2)nc1-c1cccnc1. The van der Waals surface area contributed by atoms with Crippen LogP contribution in [0.4, 0.5) is 5.69 Å². The molecule has 1 N–H and O–H groups in total. The lowest BCUT2D eigenvalue weighted by Crippen LogP contribution is -2.26. The van der Waals surface area contributed by atoms with E-state index in [1.807, 2.05) is 30.3 Å². The van der Waals surface area contributed by atoms with Crippen LogP contribution in [0.25, 0.3) is 16.9 Å². The standard InChI is InChI=1S/C29H20Cl2N4O3/c30-21-14-22(31)16-23(15-21)33-28(36)27(19-8-3-1-4-9-19)38-29(37)25-18-35(24-11-5-2-6-12-24)34-26(25)20-10-7-13-32-17-20/h1-18,27H,(H,33,36). The molecule has 38 heavy (non-hydrogen) atoms. The number of anilines is 1. The Balaban J connectivity index is 1.50. The quantitative estimate of drug-likeness (QED) is 0.229. The Morgan fingerprint density at radius 2 is 1.55 bits per heavy atom. The molecule has 1 amide bonds. The highest BCUT2D eigenvalue weighted by Crippen LogP contribution is 2.28. The summed E-state index contributed by atoms with van der Waals surface area (Å²) < 4.78 is 7.43. The number of carbonyl (C=O) groups excluding carboxylic acids is 2. The maximum atomic E-state index is 13.6. The number of hydrogen-bond acceptors (Lipinski definition) is 5. The maximum Gasteiger partial charge on any atom is 0.343 e. The molecule has 3 aromatic carbocycles. The number of nitrogens with one attached hydrogen (secondary N) is 1. The number of rotatable bonds is 7. The average Bonchev–Trinajstić information content (AvgIpc) is 3.38. The predicted molar refractivity (Wildman–Crippen MR) is 146 cm³/mol. The predicted octanol–water partition coefficient (Wildman–Crippen LogP) is 6.78. The lowest BCUT2D eigenvalue weighted by molar-refractivity contribution is -0.125. The number of hydrogen-bond donors (Lipinski definition) is 1. The average molecular weight is 543 g/mol. The number of aromatic nitrogens is 3. The van der Waals surface area contributed by atoms with Crippen LogP contribution in [0.1, 0.15) is 22.0 Å². The molecule has 0 aliphatic carbocycles. The van der Waals surface area contributed by atoms with Gasteiger partial charge in [0.2, 0.25) is 6.10 Å². The van der Waals surface area contributed by atoms with Crippen molar-refractivity contribution in [3.63, 3.8) is 0 Å². The minimum absolute atomic E-state index is 0.182. The van der Waals surface area contributed by atoms with E-state index in [0.717, 1.165) is 5.69 Å². The molecule has 0 saturated heterocycles. The van der Waals surface area contributed by atoms with Crippen LogP contribution in [0.2, 0.25) is 10.0 Å². The van der Waals surface area contributed by atoms with Gasteiger partial charge in [-0.05, 0) is 42.5 Å². The molecular weight excluding hydrogens is 523 g/mol. The van der Waals surface area contributed by atoms with Crippen molar-refractivity contribution in [3.05, 3.63) is 131 Å². The fourth-order valence-corrected chi connectivity index (χ4v) is 4.38. The second kappa shape index (κ2) is 11.3. The second-order valence-electron chi connectivity index (χ2n) is 8.26. The van der Waals surface area contributed by atoms with Crippen molar-refractivity contribution in [1.82, 2.24) is 14.8 Å². The van der Waals surface area contributed by atoms with E-state index >= 15 is 0 Å². The number of esters is 1. The first-order chi connectivity index (χ1) is 18.5. The number of para-hydroxylation sites is 1. The summed E-state index contributed by atoms with van der Waals surface area (Å²) in [5, 5.41) is 8.08. The fourth-order valence-electron chi connectivity index (χ4n) is 3.86. The van der Waals surface area contributed by atoms with E-state index in [9.17, 15) is 9.59 Å². The third-order valence-electron chi connectivity index (χ3n) is 5.59. The Hall–Kier alpha value is -4.46. The minimum Gasteiger partial charge on any atom is -0.444 e. The molecule has 0 saturated carbocycles. The fraction of sp³-hybridized carbons (Fsp3) is 0.0345. The Morgan fingerprint density at radius 3 is 2.21 bits per heavy atom. The van der Waals surface area contributed by atoms with Gasteiger partial charge in [0.15, 0.2) is 0 Å². The lowest BCUT2D eigenvalue weighted by atomic mass is 10.1. The number of halogens is 2. The largest absolute Gasteiger partial charge is 0.444 e. The van der Waals surface area contributed by atoms with Crippen molar-refractivity contribution < 1.29 is 14.3 Å². The van der Waals surface area contributed by atoms with Crippen molar-refractivity contribution in [1.29, 1.82) is 0 Å². The van der Waals surface area contributed by atoms with Crippen molar-refractivity contribution in [2.75, 3.05) is 5.32 Å².